The minimum atomic E-state index is -3.31. The first kappa shape index (κ1) is 17.3. The van der Waals surface area contributed by atoms with Gasteiger partial charge in [-0.3, -0.25) is 19.3 Å². The van der Waals surface area contributed by atoms with Gasteiger partial charge in [-0.1, -0.05) is 6.07 Å². The lowest BCUT2D eigenvalue weighted by Crippen LogP contribution is -2.45. The molecule has 25 heavy (non-hydrogen) atoms. The molecule has 0 aromatic carbocycles. The summed E-state index contributed by atoms with van der Waals surface area (Å²) >= 11 is 0. The molecule has 0 unspecified atom stereocenters. The molecule has 2 aromatic heterocycles. The molecule has 3 rings (SSSR count). The number of nitrogens with zero attached hydrogens (tertiary/aromatic N) is 4. The molecule has 3 heterocycles. The Hall–Kier alpha value is -2.53. The van der Waals surface area contributed by atoms with Gasteiger partial charge < -0.3 is 4.90 Å². The fraction of sp³-hybridized carbons (Fsp3) is 0.429. The zero-order valence-electron chi connectivity index (χ0n) is 13.5. The molecule has 11 heteroatoms. The average molecular weight is 367 g/mol. The van der Waals surface area contributed by atoms with Crippen molar-refractivity contribution >= 4 is 27.2 Å². The van der Waals surface area contributed by atoms with Crippen molar-refractivity contribution in [1.29, 1.82) is 0 Å². The van der Waals surface area contributed by atoms with Crippen molar-refractivity contribution in [2.24, 2.45) is 0 Å². The molecule has 0 saturated carbocycles. The molecule has 1 aliphatic heterocycles. The van der Waals surface area contributed by atoms with Crippen molar-refractivity contribution in [1.82, 2.24) is 14.1 Å². The van der Waals surface area contributed by atoms with E-state index in [0.29, 0.717) is 31.6 Å². The van der Waals surface area contributed by atoms with Crippen molar-refractivity contribution in [3.05, 3.63) is 44.9 Å². The number of anilines is 1. The SMILES string of the molecule is CS(=O)(=O)NC1CCN(c2nc3ccccn3c(=O)c2[N+](=O)[O-])CC1. The minimum absolute atomic E-state index is 0.0269. The number of pyridine rings is 1. The van der Waals surface area contributed by atoms with Crippen molar-refractivity contribution in [3.8, 4) is 0 Å². The monoisotopic (exact) mass is 367 g/mol. The molecule has 2 aromatic rings. The fourth-order valence-corrected chi connectivity index (χ4v) is 3.80. The van der Waals surface area contributed by atoms with E-state index >= 15 is 0 Å². The molecule has 0 amide bonds. The van der Waals surface area contributed by atoms with Gasteiger partial charge >= 0.3 is 11.2 Å². The number of nitrogens with one attached hydrogen (secondary N) is 1. The van der Waals surface area contributed by atoms with E-state index in [0.717, 1.165) is 10.7 Å². The quantitative estimate of drug-likeness (QED) is 0.600. The van der Waals surface area contributed by atoms with E-state index in [4.69, 9.17) is 0 Å². The van der Waals surface area contributed by atoms with Crippen molar-refractivity contribution in [2.75, 3.05) is 24.2 Å². The lowest BCUT2D eigenvalue weighted by Gasteiger charge is -2.32. The maximum Gasteiger partial charge on any atom is 0.376 e. The summed E-state index contributed by atoms with van der Waals surface area (Å²) in [6, 6.07) is 4.67. The first-order valence-corrected chi connectivity index (χ1v) is 9.53. The zero-order valence-corrected chi connectivity index (χ0v) is 14.3. The second-order valence-corrected chi connectivity index (χ2v) is 7.71. The largest absolute Gasteiger partial charge is 0.376 e. The highest BCUT2D eigenvalue weighted by atomic mass is 32.2. The summed E-state index contributed by atoms with van der Waals surface area (Å²) in [6.07, 6.45) is 3.47. The molecule has 0 bridgehead atoms. The molecular weight excluding hydrogens is 350 g/mol. The predicted molar refractivity (Wildman–Crippen MR) is 91.3 cm³/mol. The molecule has 1 saturated heterocycles. The van der Waals surface area contributed by atoms with Crippen LogP contribution >= 0.6 is 0 Å². The molecule has 1 N–H and O–H groups in total. The number of hydrogen-bond acceptors (Lipinski definition) is 7. The molecule has 134 valence electrons. The molecule has 1 fully saturated rings. The average Bonchev–Trinajstić information content (AvgIpc) is 2.53. The Balaban J connectivity index is 1.95. The molecule has 0 aliphatic carbocycles. The van der Waals surface area contributed by atoms with E-state index in [1.54, 1.807) is 23.1 Å². The minimum Gasteiger partial charge on any atom is -0.351 e. The van der Waals surface area contributed by atoms with Gasteiger partial charge in [-0.25, -0.2) is 18.1 Å². The van der Waals surface area contributed by atoms with E-state index < -0.39 is 26.2 Å². The smallest absolute Gasteiger partial charge is 0.351 e. The van der Waals surface area contributed by atoms with Crippen LogP contribution in [0.4, 0.5) is 11.5 Å². The third-order valence-electron chi connectivity index (χ3n) is 4.05. The van der Waals surface area contributed by atoms with Gasteiger partial charge in [-0.2, -0.15) is 0 Å². The van der Waals surface area contributed by atoms with Crippen LogP contribution in [0.25, 0.3) is 5.65 Å². The summed E-state index contributed by atoms with van der Waals surface area (Å²) in [6.45, 7) is 0.729. The summed E-state index contributed by atoms with van der Waals surface area (Å²) in [4.78, 5) is 29.1. The van der Waals surface area contributed by atoms with Gasteiger partial charge in [0.05, 0.1) is 11.2 Å². The molecule has 1 aliphatic rings. The highest BCUT2D eigenvalue weighted by Crippen LogP contribution is 2.26. The molecule has 10 nitrogen and oxygen atoms in total. The van der Waals surface area contributed by atoms with E-state index in [2.05, 4.69) is 9.71 Å². The van der Waals surface area contributed by atoms with E-state index in [1.807, 2.05) is 0 Å². The number of sulfonamides is 1. The van der Waals surface area contributed by atoms with Crippen LogP contribution in [0, 0.1) is 10.1 Å². The van der Waals surface area contributed by atoms with E-state index in [-0.39, 0.29) is 11.9 Å². The van der Waals surface area contributed by atoms with Crippen LogP contribution in [0.1, 0.15) is 12.8 Å². The molecular formula is C14H17N5O5S. The summed E-state index contributed by atoms with van der Waals surface area (Å²) in [5, 5.41) is 11.4. The van der Waals surface area contributed by atoms with Gasteiger partial charge in [0.15, 0.2) is 0 Å². The Bertz CT molecular complexity index is 979. The van der Waals surface area contributed by atoms with Gasteiger partial charge in [0, 0.05) is 25.3 Å². The Morgan fingerprint density at radius 1 is 1.32 bits per heavy atom. The maximum absolute atomic E-state index is 12.4. The summed E-state index contributed by atoms with van der Waals surface area (Å²) < 4.78 is 26.3. The topological polar surface area (TPSA) is 127 Å². The number of rotatable bonds is 4. The lowest BCUT2D eigenvalue weighted by molar-refractivity contribution is -0.385. The lowest BCUT2D eigenvalue weighted by atomic mass is 10.1. The normalized spacial score (nSPS) is 16.3. The number of piperidine rings is 1. The maximum atomic E-state index is 12.4. The van der Waals surface area contributed by atoms with Crippen molar-refractivity contribution < 1.29 is 13.3 Å². The number of aromatic nitrogens is 2. The second kappa shape index (κ2) is 6.41. The number of fused-ring (bicyclic) bond motifs is 1. The summed E-state index contributed by atoms with van der Waals surface area (Å²) in [7, 11) is -3.31. The highest BCUT2D eigenvalue weighted by molar-refractivity contribution is 7.88. The van der Waals surface area contributed by atoms with E-state index in [1.165, 1.54) is 6.20 Å². The second-order valence-electron chi connectivity index (χ2n) is 5.93. The molecule has 0 atom stereocenters. The van der Waals surface area contributed by atoms with Gasteiger partial charge in [0.2, 0.25) is 15.8 Å². The zero-order chi connectivity index (χ0) is 18.2. The van der Waals surface area contributed by atoms with Crippen LogP contribution in [0.15, 0.2) is 29.2 Å². The Morgan fingerprint density at radius 2 is 2.00 bits per heavy atom. The summed E-state index contributed by atoms with van der Waals surface area (Å²) in [5.74, 6) is 0.0269. The standard InChI is InChI=1S/C14H17N5O5S/c1-25(23,24)16-10-5-8-17(9-6-10)13-12(19(21)22)14(20)18-7-3-2-4-11(18)15-13/h2-4,7,10,16H,5-6,8-9H2,1H3. The van der Waals surface area contributed by atoms with Crippen LogP contribution < -0.4 is 15.2 Å². The van der Waals surface area contributed by atoms with E-state index in [9.17, 15) is 23.3 Å². The van der Waals surface area contributed by atoms with Crippen LogP contribution in [0.3, 0.4) is 0 Å². The third kappa shape index (κ3) is 3.61. The Labute approximate surface area is 143 Å². The van der Waals surface area contributed by atoms with Gasteiger partial charge in [-0.15, -0.1) is 0 Å². The Kier molecular flexibility index (Phi) is 4.43. The van der Waals surface area contributed by atoms with Crippen LogP contribution in [0.5, 0.6) is 0 Å². The van der Waals surface area contributed by atoms with Gasteiger partial charge in [0.1, 0.15) is 5.65 Å². The first-order valence-electron chi connectivity index (χ1n) is 7.64. The van der Waals surface area contributed by atoms with Crippen LogP contribution in [0.2, 0.25) is 0 Å². The van der Waals surface area contributed by atoms with Crippen molar-refractivity contribution in [2.45, 2.75) is 18.9 Å². The fourth-order valence-electron chi connectivity index (χ4n) is 2.96. The molecule has 0 radical (unpaired) electrons. The van der Waals surface area contributed by atoms with Crippen LogP contribution in [-0.2, 0) is 10.0 Å². The van der Waals surface area contributed by atoms with Gasteiger partial charge in [-0.05, 0) is 25.0 Å². The third-order valence-corrected chi connectivity index (χ3v) is 4.81. The summed E-state index contributed by atoms with van der Waals surface area (Å²) in [5.41, 5.74) is -0.982. The first-order chi connectivity index (χ1) is 11.8. The highest BCUT2D eigenvalue weighted by Gasteiger charge is 2.30. The van der Waals surface area contributed by atoms with Crippen molar-refractivity contribution in [3.63, 3.8) is 0 Å². The predicted octanol–water partition coefficient (Wildman–Crippen LogP) is 0.121. The number of nitro groups is 1. The Morgan fingerprint density at radius 3 is 2.60 bits per heavy atom. The molecule has 0 spiro atoms. The van der Waals surface area contributed by atoms with Gasteiger partial charge in [0.25, 0.3) is 0 Å². The van der Waals surface area contributed by atoms with Crippen LogP contribution in [-0.4, -0.2) is 48.1 Å². The number of hydrogen-bond donors (Lipinski definition) is 1.